The molecule has 3 atom stereocenters. The maximum absolute atomic E-state index is 12.4. The first-order valence-corrected chi connectivity index (χ1v) is 8.07. The number of benzene rings is 1. The first-order chi connectivity index (χ1) is 10.1. The highest BCUT2D eigenvalue weighted by Gasteiger charge is 2.33. The van der Waals surface area contributed by atoms with E-state index >= 15 is 0 Å². The van der Waals surface area contributed by atoms with Crippen LogP contribution in [0.2, 0.25) is 4.34 Å². The van der Waals surface area contributed by atoms with E-state index in [-0.39, 0.29) is 17.9 Å². The summed E-state index contributed by atoms with van der Waals surface area (Å²) in [6.07, 6.45) is 0.0193. The minimum absolute atomic E-state index is 0.0886. The smallest absolute Gasteiger partial charge is 0.228 e. The SMILES string of the molecule is CC(C(=O)NC1c2ccccc2CC1O)c1ccc(Cl)s1. The van der Waals surface area contributed by atoms with Crippen molar-refractivity contribution in [3.8, 4) is 0 Å². The fourth-order valence-electron chi connectivity index (χ4n) is 2.72. The van der Waals surface area contributed by atoms with Gasteiger partial charge in [-0.2, -0.15) is 0 Å². The van der Waals surface area contributed by atoms with Crippen LogP contribution in [-0.2, 0) is 11.2 Å². The molecule has 2 N–H and O–H groups in total. The lowest BCUT2D eigenvalue weighted by atomic mass is 10.1. The van der Waals surface area contributed by atoms with Crippen LogP contribution in [0, 0.1) is 0 Å². The lowest BCUT2D eigenvalue weighted by Gasteiger charge is -2.20. The summed E-state index contributed by atoms with van der Waals surface area (Å²) in [6, 6.07) is 11.2. The highest BCUT2D eigenvalue weighted by atomic mass is 35.5. The van der Waals surface area contributed by atoms with Gasteiger partial charge in [-0.1, -0.05) is 35.9 Å². The van der Waals surface area contributed by atoms with Crippen molar-refractivity contribution in [3.05, 3.63) is 56.7 Å². The second-order valence-corrected chi connectivity index (χ2v) is 7.07. The quantitative estimate of drug-likeness (QED) is 0.911. The van der Waals surface area contributed by atoms with E-state index in [4.69, 9.17) is 11.6 Å². The van der Waals surface area contributed by atoms with E-state index < -0.39 is 6.10 Å². The Labute approximate surface area is 132 Å². The Hall–Kier alpha value is -1.36. The van der Waals surface area contributed by atoms with Gasteiger partial charge in [-0.3, -0.25) is 4.79 Å². The van der Waals surface area contributed by atoms with Crippen molar-refractivity contribution >= 4 is 28.8 Å². The number of carbonyl (C=O) groups is 1. The molecular weight excluding hydrogens is 306 g/mol. The van der Waals surface area contributed by atoms with E-state index in [1.165, 1.54) is 11.3 Å². The summed E-state index contributed by atoms with van der Waals surface area (Å²) >= 11 is 7.33. The van der Waals surface area contributed by atoms with Gasteiger partial charge in [-0.15, -0.1) is 11.3 Å². The zero-order valence-corrected chi connectivity index (χ0v) is 13.1. The monoisotopic (exact) mass is 321 g/mol. The molecule has 3 nitrogen and oxygen atoms in total. The second kappa shape index (κ2) is 5.79. The molecule has 3 rings (SSSR count). The topological polar surface area (TPSA) is 49.3 Å². The number of hydrogen-bond donors (Lipinski definition) is 2. The number of thiophene rings is 1. The van der Waals surface area contributed by atoms with Crippen molar-refractivity contribution in [2.75, 3.05) is 0 Å². The van der Waals surface area contributed by atoms with Crippen molar-refractivity contribution in [1.29, 1.82) is 0 Å². The van der Waals surface area contributed by atoms with E-state index in [0.29, 0.717) is 10.8 Å². The Morgan fingerprint density at radius 2 is 2.14 bits per heavy atom. The highest BCUT2D eigenvalue weighted by Crippen LogP contribution is 2.33. The number of amides is 1. The molecule has 1 aromatic carbocycles. The minimum atomic E-state index is -0.564. The highest BCUT2D eigenvalue weighted by molar-refractivity contribution is 7.16. The summed E-state index contributed by atoms with van der Waals surface area (Å²) in [7, 11) is 0. The molecule has 1 aromatic heterocycles. The lowest BCUT2D eigenvalue weighted by Crippen LogP contribution is -2.36. The predicted molar refractivity (Wildman–Crippen MR) is 84.8 cm³/mol. The van der Waals surface area contributed by atoms with Gasteiger partial charge in [0.1, 0.15) is 0 Å². The molecule has 3 unspecified atom stereocenters. The van der Waals surface area contributed by atoms with Gasteiger partial charge in [0.15, 0.2) is 0 Å². The fourth-order valence-corrected chi connectivity index (χ4v) is 3.83. The molecule has 0 fully saturated rings. The Balaban J connectivity index is 1.76. The maximum Gasteiger partial charge on any atom is 0.228 e. The summed E-state index contributed by atoms with van der Waals surface area (Å²) in [5.41, 5.74) is 2.11. The Morgan fingerprint density at radius 1 is 1.38 bits per heavy atom. The number of nitrogens with one attached hydrogen (secondary N) is 1. The molecule has 1 amide bonds. The van der Waals surface area contributed by atoms with Gasteiger partial charge in [0.2, 0.25) is 5.91 Å². The molecule has 2 aromatic rings. The van der Waals surface area contributed by atoms with Gasteiger partial charge in [0, 0.05) is 11.3 Å². The number of fused-ring (bicyclic) bond motifs is 1. The van der Waals surface area contributed by atoms with Gasteiger partial charge in [-0.25, -0.2) is 0 Å². The van der Waals surface area contributed by atoms with Crippen molar-refractivity contribution in [1.82, 2.24) is 5.32 Å². The molecule has 5 heteroatoms. The van der Waals surface area contributed by atoms with Gasteiger partial charge in [0.25, 0.3) is 0 Å². The zero-order chi connectivity index (χ0) is 15.0. The molecular formula is C16H16ClNO2S. The van der Waals surface area contributed by atoms with Gasteiger partial charge in [0.05, 0.1) is 22.4 Å². The normalized spacial score (nSPS) is 21.9. The van der Waals surface area contributed by atoms with E-state index in [1.54, 1.807) is 6.07 Å². The molecule has 0 saturated heterocycles. The molecule has 110 valence electrons. The van der Waals surface area contributed by atoms with Crippen LogP contribution >= 0.6 is 22.9 Å². The summed E-state index contributed by atoms with van der Waals surface area (Å²) in [6.45, 7) is 1.85. The average molecular weight is 322 g/mol. The van der Waals surface area contributed by atoms with Crippen LogP contribution in [0.4, 0.5) is 0 Å². The molecule has 21 heavy (non-hydrogen) atoms. The molecule has 0 radical (unpaired) electrons. The Bertz CT molecular complexity index is 670. The minimum Gasteiger partial charge on any atom is -0.390 e. The molecule has 0 bridgehead atoms. The maximum atomic E-state index is 12.4. The van der Waals surface area contributed by atoms with Crippen LogP contribution in [0.25, 0.3) is 0 Å². The first kappa shape index (κ1) is 14.6. The van der Waals surface area contributed by atoms with Crippen LogP contribution in [0.3, 0.4) is 0 Å². The number of aliphatic hydroxyl groups is 1. The van der Waals surface area contributed by atoms with Crippen LogP contribution in [0.15, 0.2) is 36.4 Å². The van der Waals surface area contributed by atoms with E-state index in [0.717, 1.165) is 16.0 Å². The van der Waals surface area contributed by atoms with Crippen LogP contribution < -0.4 is 5.32 Å². The average Bonchev–Trinajstić information content (AvgIpc) is 3.03. The van der Waals surface area contributed by atoms with Gasteiger partial charge >= 0.3 is 0 Å². The van der Waals surface area contributed by atoms with Crippen LogP contribution in [-0.4, -0.2) is 17.1 Å². The number of hydrogen-bond acceptors (Lipinski definition) is 3. The van der Waals surface area contributed by atoms with Gasteiger partial charge in [-0.05, 0) is 30.2 Å². The zero-order valence-electron chi connectivity index (χ0n) is 11.5. The number of halogens is 1. The largest absolute Gasteiger partial charge is 0.390 e. The molecule has 0 aliphatic heterocycles. The van der Waals surface area contributed by atoms with Gasteiger partial charge < -0.3 is 10.4 Å². The first-order valence-electron chi connectivity index (χ1n) is 6.87. The molecule has 0 spiro atoms. The summed E-state index contributed by atoms with van der Waals surface area (Å²) in [5, 5.41) is 13.1. The summed E-state index contributed by atoms with van der Waals surface area (Å²) < 4.78 is 0.677. The van der Waals surface area contributed by atoms with E-state index in [2.05, 4.69) is 5.32 Å². The lowest BCUT2D eigenvalue weighted by molar-refractivity contribution is -0.123. The number of carbonyl (C=O) groups excluding carboxylic acids is 1. The number of rotatable bonds is 3. The Morgan fingerprint density at radius 3 is 2.86 bits per heavy atom. The molecule has 1 heterocycles. The third-order valence-electron chi connectivity index (χ3n) is 3.92. The summed E-state index contributed by atoms with van der Waals surface area (Å²) in [5.74, 6) is -0.364. The third-order valence-corrected chi connectivity index (χ3v) is 5.33. The Kier molecular flexibility index (Phi) is 4.02. The van der Waals surface area contributed by atoms with E-state index in [1.807, 2.05) is 37.3 Å². The molecule has 0 saturated carbocycles. The van der Waals surface area contributed by atoms with E-state index in [9.17, 15) is 9.90 Å². The van der Waals surface area contributed by atoms with Crippen molar-refractivity contribution in [3.63, 3.8) is 0 Å². The van der Waals surface area contributed by atoms with Crippen LogP contribution in [0.1, 0.15) is 34.9 Å². The van der Waals surface area contributed by atoms with Crippen LogP contribution in [0.5, 0.6) is 0 Å². The van der Waals surface area contributed by atoms with Crippen molar-refractivity contribution < 1.29 is 9.90 Å². The molecule has 1 aliphatic rings. The predicted octanol–water partition coefficient (Wildman–Crippen LogP) is 3.28. The fraction of sp³-hybridized carbons (Fsp3) is 0.312. The second-order valence-electron chi connectivity index (χ2n) is 5.32. The van der Waals surface area contributed by atoms with Crippen molar-refractivity contribution in [2.24, 2.45) is 0 Å². The number of aliphatic hydroxyl groups excluding tert-OH is 1. The third kappa shape index (κ3) is 2.84. The van der Waals surface area contributed by atoms with Crippen molar-refractivity contribution in [2.45, 2.75) is 31.4 Å². The standard InChI is InChI=1S/C16H16ClNO2S/c1-9(13-6-7-14(17)21-13)16(20)18-15-11-5-3-2-4-10(11)8-12(15)19/h2-7,9,12,15,19H,8H2,1H3,(H,18,20). The summed E-state index contributed by atoms with van der Waals surface area (Å²) in [4.78, 5) is 13.3. The molecule has 1 aliphatic carbocycles.